The first-order valence-corrected chi connectivity index (χ1v) is 14.1. The summed E-state index contributed by atoms with van der Waals surface area (Å²) < 4.78 is 13.2. The summed E-state index contributed by atoms with van der Waals surface area (Å²) in [6, 6.07) is 10.2. The van der Waals surface area contributed by atoms with Crippen LogP contribution in [0.1, 0.15) is 53.2 Å². The molecule has 4 aliphatic rings. The number of benzene rings is 1. The Morgan fingerprint density at radius 2 is 2.00 bits per heavy atom. The molecule has 3 fully saturated rings. The number of hydrogen-bond acceptors (Lipinski definition) is 7. The second-order valence-corrected chi connectivity index (χ2v) is 11.3. The lowest BCUT2D eigenvalue weighted by Crippen LogP contribution is -2.52. The van der Waals surface area contributed by atoms with Gasteiger partial charge in [0.1, 0.15) is 11.7 Å². The molecule has 0 spiro atoms. The number of carbonyl (C=O) groups excluding carboxylic acids is 3. The average Bonchev–Trinajstić information content (AvgIpc) is 3.61. The van der Waals surface area contributed by atoms with Gasteiger partial charge >= 0.3 is 0 Å². The highest BCUT2D eigenvalue weighted by Crippen LogP contribution is 2.34. The van der Waals surface area contributed by atoms with Gasteiger partial charge in [0.25, 0.3) is 5.91 Å². The molecule has 1 N–H and O–H groups in total. The number of nitrogens with one attached hydrogen (secondary N) is 1. The van der Waals surface area contributed by atoms with Crippen molar-refractivity contribution >= 4 is 28.8 Å². The van der Waals surface area contributed by atoms with Gasteiger partial charge in [-0.3, -0.25) is 24.6 Å². The number of piperidine rings is 1. The minimum atomic E-state index is -0.629. The molecule has 3 amide bonds. The average molecular weight is 544 g/mol. The zero-order valence-electron chi connectivity index (χ0n) is 22.6. The normalized spacial score (nSPS) is 23.6. The van der Waals surface area contributed by atoms with Crippen LogP contribution in [0, 0.1) is 0 Å². The first kappa shape index (κ1) is 25.4. The topological polar surface area (TPSA) is 106 Å². The van der Waals surface area contributed by atoms with Crippen molar-refractivity contribution in [1.29, 1.82) is 0 Å². The molecule has 2 atom stereocenters. The fraction of sp³-hybridized carbons (Fsp3) is 0.467. The van der Waals surface area contributed by atoms with Gasteiger partial charge < -0.3 is 18.9 Å². The number of imide groups is 1. The van der Waals surface area contributed by atoms with Gasteiger partial charge in [-0.1, -0.05) is 6.07 Å². The number of carbonyl (C=O) groups is 3. The van der Waals surface area contributed by atoms with E-state index in [-0.39, 0.29) is 24.3 Å². The standard InChI is InChI=1S/C30H33N5O5/c1-39-15-21-3-2-9-33(21)13-20-12-25(31-28-23(20)8-10-34(28)22-16-40-17-22)18-4-5-24-19(11-18)14-35(30(24)38)26-6-7-27(36)32-29(26)37/h4-5,8,10-12,21-22,26H,2-3,6-7,9,13-17H2,1H3,(H,32,36,37)/t21-,26?/m0/s1. The number of nitrogens with zero attached hydrogens (tertiary/aromatic N) is 4. The summed E-state index contributed by atoms with van der Waals surface area (Å²) in [5.41, 5.74) is 5.45. The molecule has 0 radical (unpaired) electrons. The molecule has 40 heavy (non-hydrogen) atoms. The summed E-state index contributed by atoms with van der Waals surface area (Å²) >= 11 is 0. The fourth-order valence-electron chi connectivity index (χ4n) is 6.59. The van der Waals surface area contributed by atoms with E-state index in [4.69, 9.17) is 14.5 Å². The maximum atomic E-state index is 13.2. The Balaban J connectivity index is 1.24. The molecule has 10 heteroatoms. The molecule has 10 nitrogen and oxygen atoms in total. The summed E-state index contributed by atoms with van der Waals surface area (Å²) in [7, 11) is 1.76. The minimum Gasteiger partial charge on any atom is -0.383 e. The SMILES string of the molecule is COC[C@@H]1CCCN1Cc1cc(-c2ccc3c(c2)CN(C2CCC(=O)NC2=O)C3=O)nc2c1ccn2C1COC1. The van der Waals surface area contributed by atoms with E-state index in [0.29, 0.717) is 37.8 Å². The van der Waals surface area contributed by atoms with Crippen molar-refractivity contribution in [3.63, 3.8) is 0 Å². The summed E-state index contributed by atoms with van der Waals surface area (Å²) in [5, 5.41) is 3.52. The van der Waals surface area contributed by atoms with Crippen LogP contribution in [-0.4, -0.2) is 82.6 Å². The van der Waals surface area contributed by atoms with Gasteiger partial charge in [0.05, 0.1) is 31.6 Å². The van der Waals surface area contributed by atoms with Crippen molar-refractivity contribution < 1.29 is 23.9 Å². The minimum absolute atomic E-state index is 0.169. The number of hydrogen-bond donors (Lipinski definition) is 1. The van der Waals surface area contributed by atoms with Crippen LogP contribution < -0.4 is 5.32 Å². The predicted molar refractivity (Wildman–Crippen MR) is 146 cm³/mol. The number of rotatable bonds is 7. The largest absolute Gasteiger partial charge is 0.383 e. The number of aromatic nitrogens is 2. The van der Waals surface area contributed by atoms with Crippen molar-refractivity contribution in [2.75, 3.05) is 33.5 Å². The third-order valence-corrected chi connectivity index (χ3v) is 8.84. The highest BCUT2D eigenvalue weighted by Gasteiger charge is 2.39. The second kappa shape index (κ2) is 10.1. The first-order chi connectivity index (χ1) is 19.5. The third-order valence-electron chi connectivity index (χ3n) is 8.84. The molecule has 1 aromatic carbocycles. The molecular formula is C30H33N5O5. The highest BCUT2D eigenvalue weighted by molar-refractivity contribution is 6.05. The molecule has 0 aliphatic carbocycles. The number of likely N-dealkylation sites (tertiary alicyclic amines) is 1. The molecule has 3 saturated heterocycles. The van der Waals surface area contributed by atoms with E-state index in [1.54, 1.807) is 12.0 Å². The summed E-state index contributed by atoms with van der Waals surface area (Å²) in [5.74, 6) is -0.855. The van der Waals surface area contributed by atoms with Gasteiger partial charge in [0, 0.05) is 55.4 Å². The van der Waals surface area contributed by atoms with E-state index in [9.17, 15) is 14.4 Å². The lowest BCUT2D eigenvalue weighted by Gasteiger charge is -2.29. The quantitative estimate of drug-likeness (QED) is 0.457. The Bertz CT molecular complexity index is 1510. The summed E-state index contributed by atoms with van der Waals surface area (Å²) in [6.45, 7) is 4.30. The third kappa shape index (κ3) is 4.31. The Labute approximate surface area is 232 Å². The molecule has 1 unspecified atom stereocenters. The molecule has 208 valence electrons. The van der Waals surface area contributed by atoms with E-state index in [2.05, 4.69) is 33.1 Å². The van der Waals surface area contributed by atoms with Gasteiger partial charge in [0.15, 0.2) is 0 Å². The Kier molecular flexibility index (Phi) is 6.41. The van der Waals surface area contributed by atoms with E-state index in [1.165, 1.54) is 5.56 Å². The number of methoxy groups -OCH3 is 1. The van der Waals surface area contributed by atoms with Gasteiger partial charge in [-0.2, -0.15) is 0 Å². The van der Waals surface area contributed by atoms with Crippen molar-refractivity contribution in [1.82, 2.24) is 24.7 Å². The van der Waals surface area contributed by atoms with E-state index < -0.39 is 11.9 Å². The van der Waals surface area contributed by atoms with Crippen LogP contribution in [-0.2, 0) is 32.2 Å². The van der Waals surface area contributed by atoms with E-state index in [0.717, 1.165) is 60.4 Å². The fourth-order valence-corrected chi connectivity index (χ4v) is 6.59. The molecule has 3 aromatic rings. The molecule has 0 saturated carbocycles. The van der Waals surface area contributed by atoms with Gasteiger partial charge in [-0.15, -0.1) is 0 Å². The number of fused-ring (bicyclic) bond motifs is 2. The monoisotopic (exact) mass is 543 g/mol. The Morgan fingerprint density at radius 3 is 2.77 bits per heavy atom. The van der Waals surface area contributed by atoms with Crippen LogP contribution in [0.25, 0.3) is 22.3 Å². The van der Waals surface area contributed by atoms with Gasteiger partial charge in [-0.25, -0.2) is 4.98 Å². The molecule has 6 heterocycles. The zero-order valence-corrected chi connectivity index (χ0v) is 22.6. The second-order valence-electron chi connectivity index (χ2n) is 11.3. The van der Waals surface area contributed by atoms with Crippen LogP contribution >= 0.6 is 0 Å². The smallest absolute Gasteiger partial charge is 0.255 e. The molecule has 0 bridgehead atoms. The Hall–Kier alpha value is -3.60. The van der Waals surface area contributed by atoms with Crippen molar-refractivity contribution in [3.8, 4) is 11.3 Å². The van der Waals surface area contributed by atoms with Gasteiger partial charge in [0.2, 0.25) is 11.8 Å². The van der Waals surface area contributed by atoms with Crippen molar-refractivity contribution in [3.05, 3.63) is 53.2 Å². The van der Waals surface area contributed by atoms with E-state index >= 15 is 0 Å². The summed E-state index contributed by atoms with van der Waals surface area (Å²) in [6.07, 6.45) is 5.01. The molecular weight excluding hydrogens is 510 g/mol. The maximum absolute atomic E-state index is 13.2. The highest BCUT2D eigenvalue weighted by atomic mass is 16.5. The van der Waals surface area contributed by atoms with E-state index in [1.807, 2.05) is 18.2 Å². The predicted octanol–water partition coefficient (Wildman–Crippen LogP) is 2.65. The summed E-state index contributed by atoms with van der Waals surface area (Å²) in [4.78, 5) is 46.5. The Morgan fingerprint density at radius 1 is 1.12 bits per heavy atom. The first-order valence-electron chi connectivity index (χ1n) is 14.1. The zero-order chi connectivity index (χ0) is 27.4. The lowest BCUT2D eigenvalue weighted by atomic mass is 10.0. The number of amides is 3. The van der Waals surface area contributed by atoms with Crippen LogP contribution in [0.2, 0.25) is 0 Å². The van der Waals surface area contributed by atoms with Crippen LogP contribution in [0.15, 0.2) is 36.5 Å². The van der Waals surface area contributed by atoms with Crippen LogP contribution in [0.3, 0.4) is 0 Å². The number of ether oxygens (including phenoxy) is 2. The van der Waals surface area contributed by atoms with Gasteiger partial charge in [-0.05, 0) is 61.2 Å². The van der Waals surface area contributed by atoms with Crippen LogP contribution in [0.5, 0.6) is 0 Å². The molecule has 7 rings (SSSR count). The maximum Gasteiger partial charge on any atom is 0.255 e. The van der Waals surface area contributed by atoms with Crippen LogP contribution in [0.4, 0.5) is 0 Å². The molecule has 2 aromatic heterocycles. The number of pyridine rings is 1. The molecule has 4 aliphatic heterocycles. The van der Waals surface area contributed by atoms with Crippen molar-refractivity contribution in [2.24, 2.45) is 0 Å². The van der Waals surface area contributed by atoms with Crippen molar-refractivity contribution in [2.45, 2.75) is 56.9 Å². The lowest BCUT2D eigenvalue weighted by molar-refractivity contribution is -0.136.